The van der Waals surface area contributed by atoms with E-state index >= 15 is 0 Å². The van der Waals surface area contributed by atoms with Gasteiger partial charge in [-0.25, -0.2) is 9.37 Å². The molecule has 34 heavy (non-hydrogen) atoms. The lowest BCUT2D eigenvalue weighted by Gasteiger charge is -2.46. The van der Waals surface area contributed by atoms with Gasteiger partial charge in [-0.15, -0.1) is 0 Å². The van der Waals surface area contributed by atoms with E-state index in [0.717, 1.165) is 8.87 Å². The van der Waals surface area contributed by atoms with Gasteiger partial charge in [0.05, 0.1) is 5.54 Å². The number of piperazine rings is 1. The monoisotopic (exact) mass is 496 g/mol. The normalized spacial score (nSPS) is 20.0. The molecule has 1 atom stereocenters. The summed E-state index contributed by atoms with van der Waals surface area (Å²) in [6.07, 6.45) is 0. The van der Waals surface area contributed by atoms with Gasteiger partial charge in [-0.05, 0) is 31.7 Å². The average molecular weight is 497 g/mol. The number of likely N-dealkylation sites (N-methyl/N-ethyl adjacent to an activating group) is 1. The quantitative estimate of drug-likeness (QED) is 0.568. The predicted molar refractivity (Wildman–Crippen MR) is 123 cm³/mol. The zero-order valence-electron chi connectivity index (χ0n) is 19.7. The molecule has 1 unspecified atom stereocenters. The number of carbonyl (C=O) groups is 1. The lowest BCUT2D eigenvalue weighted by Crippen LogP contribution is -2.61. The maximum absolute atomic E-state index is 13.1. The summed E-state index contributed by atoms with van der Waals surface area (Å²) in [6, 6.07) is 5.49. The van der Waals surface area contributed by atoms with Gasteiger partial charge in [0.25, 0.3) is 21.7 Å². The third-order valence-electron chi connectivity index (χ3n) is 6.13. The molecule has 1 amide bonds. The minimum Gasteiger partial charge on any atom is -0.501 e. The van der Waals surface area contributed by atoms with Crippen molar-refractivity contribution in [2.45, 2.75) is 19.0 Å². The first-order valence-corrected chi connectivity index (χ1v) is 11.9. The highest BCUT2D eigenvalue weighted by molar-refractivity contribution is 7.86. The lowest BCUT2D eigenvalue weighted by atomic mass is 9.96. The van der Waals surface area contributed by atoms with Crippen molar-refractivity contribution in [2.24, 2.45) is 7.05 Å². The summed E-state index contributed by atoms with van der Waals surface area (Å²) in [6.45, 7) is 2.32. The van der Waals surface area contributed by atoms with Gasteiger partial charge in [-0.3, -0.25) is 19.1 Å². The van der Waals surface area contributed by atoms with Crippen molar-refractivity contribution in [1.82, 2.24) is 28.4 Å². The molecule has 1 saturated heterocycles. The molecule has 0 spiro atoms. The van der Waals surface area contributed by atoms with Crippen LogP contribution < -0.4 is 10.9 Å². The second kappa shape index (κ2) is 9.41. The van der Waals surface area contributed by atoms with Crippen LogP contribution in [0.15, 0.2) is 29.1 Å². The van der Waals surface area contributed by atoms with Gasteiger partial charge in [-0.1, -0.05) is 12.1 Å². The molecular formula is C21H29FN6O5S. The van der Waals surface area contributed by atoms with Crippen LogP contribution in [-0.4, -0.2) is 83.3 Å². The number of nitrogens with one attached hydrogen (secondary N) is 1. The second-order valence-corrected chi connectivity index (χ2v) is 10.8. The molecule has 2 N–H and O–H groups in total. The number of aromatic hydroxyl groups is 1. The molecule has 2 heterocycles. The summed E-state index contributed by atoms with van der Waals surface area (Å²) in [5.41, 5.74) is -1.77. The van der Waals surface area contributed by atoms with Crippen molar-refractivity contribution in [2.75, 3.05) is 40.8 Å². The Morgan fingerprint density at radius 1 is 1.24 bits per heavy atom. The molecule has 0 aliphatic carbocycles. The fraction of sp³-hybridized carbons (Fsp3) is 0.476. The highest BCUT2D eigenvalue weighted by Gasteiger charge is 2.45. The number of benzene rings is 1. The molecule has 13 heteroatoms. The summed E-state index contributed by atoms with van der Waals surface area (Å²) < 4.78 is 42.1. The van der Waals surface area contributed by atoms with Crippen LogP contribution in [0, 0.1) is 5.82 Å². The number of amides is 1. The number of nitrogens with zero attached hydrogens (tertiary/aromatic N) is 5. The van der Waals surface area contributed by atoms with Gasteiger partial charge in [-0.2, -0.15) is 17.0 Å². The fourth-order valence-electron chi connectivity index (χ4n) is 3.82. The van der Waals surface area contributed by atoms with Crippen molar-refractivity contribution in [1.29, 1.82) is 0 Å². The van der Waals surface area contributed by atoms with Gasteiger partial charge >= 0.3 is 0 Å². The average Bonchev–Trinajstić information content (AvgIpc) is 2.78. The van der Waals surface area contributed by atoms with Crippen LogP contribution in [0.5, 0.6) is 5.75 Å². The number of halogens is 1. The molecule has 0 radical (unpaired) electrons. The number of aromatic nitrogens is 2. The smallest absolute Gasteiger partial charge is 0.296 e. The first kappa shape index (κ1) is 25.7. The SMILES string of the molecule is CN1CCN(S(=O)(=O)N(C)C)CC1(C)c1nc(C(=O)NCc2ccc(F)cc2)c(O)c(=O)n1C. The highest BCUT2D eigenvalue weighted by atomic mass is 32.2. The lowest BCUT2D eigenvalue weighted by molar-refractivity contribution is 0.0496. The molecular weight excluding hydrogens is 467 g/mol. The van der Waals surface area contributed by atoms with E-state index in [1.54, 1.807) is 14.0 Å². The Labute approximate surface area is 197 Å². The van der Waals surface area contributed by atoms with E-state index in [0.29, 0.717) is 12.1 Å². The number of carbonyl (C=O) groups excluding carboxylic acids is 1. The summed E-state index contributed by atoms with van der Waals surface area (Å²) in [5.74, 6) is -1.90. The standard InChI is InChI=1S/C21H29FN6O5S/c1-21(13-28(11-10-26(21)4)34(32,33)25(2)3)20-24-16(17(29)19(31)27(20)5)18(30)23-12-14-6-8-15(22)9-7-14/h6-9,29H,10-13H2,1-5H3,(H,23,30). The van der Waals surface area contributed by atoms with Crippen molar-refractivity contribution in [3.63, 3.8) is 0 Å². The summed E-state index contributed by atoms with van der Waals surface area (Å²) >= 11 is 0. The summed E-state index contributed by atoms with van der Waals surface area (Å²) in [7, 11) is 2.31. The first-order valence-electron chi connectivity index (χ1n) is 10.5. The van der Waals surface area contributed by atoms with E-state index in [4.69, 9.17) is 0 Å². The molecule has 1 fully saturated rings. The third kappa shape index (κ3) is 4.69. The molecule has 2 aromatic rings. The summed E-state index contributed by atoms with van der Waals surface area (Å²) in [4.78, 5) is 31.8. The maximum atomic E-state index is 13.1. The predicted octanol–water partition coefficient (Wildman–Crippen LogP) is -0.176. The van der Waals surface area contributed by atoms with Crippen LogP contribution in [0.3, 0.4) is 0 Å². The fourth-order valence-corrected chi connectivity index (χ4v) is 5.01. The van der Waals surface area contributed by atoms with Crippen LogP contribution in [0.25, 0.3) is 0 Å². The van der Waals surface area contributed by atoms with Crippen LogP contribution >= 0.6 is 0 Å². The Balaban J connectivity index is 1.99. The van der Waals surface area contributed by atoms with Crippen LogP contribution in [0.1, 0.15) is 28.8 Å². The second-order valence-electron chi connectivity index (χ2n) is 8.63. The first-order chi connectivity index (χ1) is 15.8. The van der Waals surface area contributed by atoms with Gasteiger partial charge in [0.1, 0.15) is 11.6 Å². The highest BCUT2D eigenvalue weighted by Crippen LogP contribution is 2.31. The Kier molecular flexibility index (Phi) is 7.12. The van der Waals surface area contributed by atoms with Gasteiger partial charge in [0.15, 0.2) is 5.69 Å². The van der Waals surface area contributed by atoms with Crippen LogP contribution in [-0.2, 0) is 29.3 Å². The van der Waals surface area contributed by atoms with E-state index in [2.05, 4.69) is 10.3 Å². The summed E-state index contributed by atoms with van der Waals surface area (Å²) in [5, 5.41) is 12.9. The Morgan fingerprint density at radius 3 is 2.44 bits per heavy atom. The molecule has 1 aromatic carbocycles. The van der Waals surface area contributed by atoms with E-state index in [1.807, 2.05) is 4.90 Å². The molecule has 1 aliphatic rings. The van der Waals surface area contributed by atoms with Gasteiger partial charge in [0, 0.05) is 47.3 Å². The van der Waals surface area contributed by atoms with E-state index < -0.39 is 44.5 Å². The number of hydrogen-bond donors (Lipinski definition) is 2. The Morgan fingerprint density at radius 2 is 1.85 bits per heavy atom. The third-order valence-corrected chi connectivity index (χ3v) is 8.02. The van der Waals surface area contributed by atoms with Crippen molar-refractivity contribution >= 4 is 16.1 Å². The zero-order valence-corrected chi connectivity index (χ0v) is 20.6. The maximum Gasteiger partial charge on any atom is 0.296 e. The minimum atomic E-state index is -3.73. The molecule has 1 aliphatic heterocycles. The van der Waals surface area contributed by atoms with Gasteiger partial charge in [0.2, 0.25) is 5.75 Å². The molecule has 0 saturated carbocycles. The largest absolute Gasteiger partial charge is 0.501 e. The van der Waals surface area contributed by atoms with Crippen LogP contribution in [0.4, 0.5) is 4.39 Å². The zero-order chi connectivity index (χ0) is 25.4. The van der Waals surface area contributed by atoms with Crippen molar-refractivity contribution < 1.29 is 22.7 Å². The molecule has 1 aromatic heterocycles. The Hall–Kier alpha value is -2.87. The van der Waals surface area contributed by atoms with Crippen LogP contribution in [0.2, 0.25) is 0 Å². The number of rotatable bonds is 6. The van der Waals surface area contributed by atoms with Crippen molar-refractivity contribution in [3.05, 3.63) is 57.5 Å². The Bertz CT molecular complexity index is 1250. The molecule has 3 rings (SSSR count). The minimum absolute atomic E-state index is 0.0221. The number of hydrogen-bond acceptors (Lipinski definition) is 7. The molecule has 186 valence electrons. The van der Waals surface area contributed by atoms with E-state index in [9.17, 15) is 27.5 Å². The molecule has 0 bridgehead atoms. The van der Waals surface area contributed by atoms with Crippen molar-refractivity contribution in [3.8, 4) is 5.75 Å². The van der Waals surface area contributed by atoms with E-state index in [1.165, 1.54) is 49.7 Å². The topological polar surface area (TPSA) is 128 Å². The molecule has 11 nitrogen and oxygen atoms in total. The van der Waals surface area contributed by atoms with E-state index in [-0.39, 0.29) is 25.5 Å². The van der Waals surface area contributed by atoms with Gasteiger partial charge < -0.3 is 10.4 Å².